The van der Waals surface area contributed by atoms with Crippen molar-refractivity contribution in [3.8, 4) is 0 Å². The van der Waals surface area contributed by atoms with Gasteiger partial charge in [0.05, 0.1) is 0 Å². The zero-order chi connectivity index (χ0) is 37.1. The third-order valence-corrected chi connectivity index (χ3v) is 8.23. The number of unbranched alkanes of at least 4 members (excludes halogenated alkanes) is 1. The van der Waals surface area contributed by atoms with Crippen LogP contribution >= 0.6 is 0 Å². The summed E-state index contributed by atoms with van der Waals surface area (Å²) in [4.78, 5) is 80.9. The van der Waals surface area contributed by atoms with E-state index in [-0.39, 0.29) is 73.7 Å². The number of nitrogens with two attached hydrogens (primary N) is 4. The third-order valence-electron chi connectivity index (χ3n) is 8.23. The van der Waals surface area contributed by atoms with E-state index in [1.54, 1.807) is 14.7 Å². The first-order valence-electron chi connectivity index (χ1n) is 18.3. The highest BCUT2D eigenvalue weighted by Crippen LogP contribution is 2.18. The van der Waals surface area contributed by atoms with E-state index in [0.717, 1.165) is 0 Å². The lowest BCUT2D eigenvalue weighted by Crippen LogP contribution is -2.37. The first kappa shape index (κ1) is 46.1. The summed E-state index contributed by atoms with van der Waals surface area (Å²) in [6, 6.07) is 0. The molecule has 0 fully saturated rings. The summed E-state index contributed by atoms with van der Waals surface area (Å²) in [5, 5.41) is 2.83. The smallest absolute Gasteiger partial charge is 0.223 e. The SMILES string of the molecule is CC(C)(C)C(=O)CCC(=O)N(CCCCC(=O)CCC(=O)N(CCCN)CCCN)CCCNC(=O)CCC(=O)N(CCCN)CCCN. The fourth-order valence-corrected chi connectivity index (χ4v) is 5.08. The molecule has 0 radical (unpaired) electrons. The molecule has 4 amide bonds. The Kier molecular flexibility index (Phi) is 26.2. The van der Waals surface area contributed by atoms with Gasteiger partial charge in [0.15, 0.2) is 0 Å². The van der Waals surface area contributed by atoms with Gasteiger partial charge in [0.25, 0.3) is 0 Å². The van der Waals surface area contributed by atoms with Crippen molar-refractivity contribution in [3.05, 3.63) is 0 Å². The van der Waals surface area contributed by atoms with Crippen LogP contribution in [0.25, 0.3) is 0 Å². The molecule has 14 heteroatoms. The van der Waals surface area contributed by atoms with Crippen molar-refractivity contribution >= 4 is 35.2 Å². The second kappa shape index (κ2) is 27.8. The molecule has 0 aromatic carbocycles. The molecule has 284 valence electrons. The molecule has 0 heterocycles. The van der Waals surface area contributed by atoms with Gasteiger partial charge >= 0.3 is 0 Å². The van der Waals surface area contributed by atoms with Crippen LogP contribution in [0.3, 0.4) is 0 Å². The lowest BCUT2D eigenvalue weighted by Gasteiger charge is -2.24. The minimum Gasteiger partial charge on any atom is -0.356 e. The maximum atomic E-state index is 13.1. The standard InChI is InChI=1S/C35H68N8O6/c1-35(2,3)30(45)13-16-33(48)41(23-5-4-11-29(44)12-15-32(47)42(24-6-18-36)25-7-19-37)28-10-22-40-31(46)14-17-34(49)43(26-8-20-38)27-9-21-39/h4-28,36-39H2,1-3H3,(H,40,46). The molecule has 0 aliphatic heterocycles. The Morgan fingerprint density at radius 1 is 0.469 bits per heavy atom. The fraction of sp³-hybridized carbons (Fsp3) is 0.829. The zero-order valence-electron chi connectivity index (χ0n) is 30.8. The number of hydrogen-bond donors (Lipinski definition) is 5. The van der Waals surface area contributed by atoms with Gasteiger partial charge in [-0.2, -0.15) is 0 Å². The molecule has 0 saturated carbocycles. The Labute approximate surface area is 294 Å². The van der Waals surface area contributed by atoms with E-state index in [1.807, 2.05) is 20.8 Å². The highest BCUT2D eigenvalue weighted by atomic mass is 16.2. The van der Waals surface area contributed by atoms with Gasteiger partial charge in [-0.1, -0.05) is 20.8 Å². The molecule has 0 saturated heterocycles. The second-order valence-corrected chi connectivity index (χ2v) is 13.6. The zero-order valence-corrected chi connectivity index (χ0v) is 30.8. The van der Waals surface area contributed by atoms with Crippen LogP contribution in [0, 0.1) is 5.41 Å². The summed E-state index contributed by atoms with van der Waals surface area (Å²) in [6.45, 7) is 10.8. The van der Waals surface area contributed by atoms with Crippen LogP contribution in [0.4, 0.5) is 0 Å². The number of carbonyl (C=O) groups is 6. The van der Waals surface area contributed by atoms with Crippen molar-refractivity contribution in [3.63, 3.8) is 0 Å². The molecule has 0 aromatic rings. The summed E-state index contributed by atoms with van der Waals surface area (Å²) in [6.07, 6.45) is 5.48. The molecule has 0 spiro atoms. The predicted molar refractivity (Wildman–Crippen MR) is 193 cm³/mol. The van der Waals surface area contributed by atoms with Crippen LogP contribution in [-0.2, 0) is 28.8 Å². The Hall–Kier alpha value is -2.94. The number of Topliss-reactive ketones (excluding diaryl/α,β-unsaturated/α-hetero) is 2. The van der Waals surface area contributed by atoms with E-state index < -0.39 is 5.41 Å². The molecular formula is C35H68N8O6. The van der Waals surface area contributed by atoms with Gasteiger partial charge in [-0.3, -0.25) is 28.8 Å². The molecule has 0 aliphatic carbocycles. The van der Waals surface area contributed by atoms with Gasteiger partial charge in [0.1, 0.15) is 11.6 Å². The van der Waals surface area contributed by atoms with Crippen LogP contribution in [0.1, 0.15) is 111 Å². The Morgan fingerprint density at radius 3 is 1.29 bits per heavy atom. The van der Waals surface area contributed by atoms with Crippen molar-refractivity contribution in [1.29, 1.82) is 0 Å². The van der Waals surface area contributed by atoms with Crippen LogP contribution < -0.4 is 28.3 Å². The van der Waals surface area contributed by atoms with E-state index in [0.29, 0.717) is 123 Å². The van der Waals surface area contributed by atoms with E-state index >= 15 is 0 Å². The lowest BCUT2D eigenvalue weighted by atomic mass is 9.88. The topological polar surface area (TPSA) is 228 Å². The fourth-order valence-electron chi connectivity index (χ4n) is 5.08. The molecule has 9 N–H and O–H groups in total. The molecule has 49 heavy (non-hydrogen) atoms. The summed E-state index contributed by atoms with van der Waals surface area (Å²) in [5.41, 5.74) is 21.8. The largest absolute Gasteiger partial charge is 0.356 e. The highest BCUT2D eigenvalue weighted by Gasteiger charge is 2.23. The summed E-state index contributed by atoms with van der Waals surface area (Å²) >= 11 is 0. The first-order valence-corrected chi connectivity index (χ1v) is 18.3. The average molecular weight is 697 g/mol. The average Bonchev–Trinajstić information content (AvgIpc) is 3.07. The molecule has 14 nitrogen and oxygen atoms in total. The number of amides is 4. The third kappa shape index (κ3) is 23.2. The summed E-state index contributed by atoms with van der Waals surface area (Å²) in [5.74, 6) is -0.534. The van der Waals surface area contributed by atoms with Gasteiger partial charge in [-0.25, -0.2) is 0 Å². The van der Waals surface area contributed by atoms with Crippen LogP contribution in [0.2, 0.25) is 0 Å². The highest BCUT2D eigenvalue weighted by molar-refractivity contribution is 5.88. The quantitative estimate of drug-likeness (QED) is 0.0671. The van der Waals surface area contributed by atoms with Gasteiger partial charge in [-0.05, 0) is 71.1 Å². The molecule has 0 aromatic heterocycles. The second-order valence-electron chi connectivity index (χ2n) is 13.6. The first-order chi connectivity index (χ1) is 23.3. The maximum Gasteiger partial charge on any atom is 0.223 e. The minimum atomic E-state index is -0.532. The number of hydrogen-bond acceptors (Lipinski definition) is 10. The van der Waals surface area contributed by atoms with Crippen molar-refractivity contribution in [1.82, 2.24) is 20.0 Å². The number of nitrogens with one attached hydrogen (secondary N) is 1. The molecule has 0 bridgehead atoms. The normalized spacial score (nSPS) is 11.2. The van der Waals surface area contributed by atoms with Crippen LogP contribution in [-0.4, -0.2) is 122 Å². The van der Waals surface area contributed by atoms with Gasteiger partial charge in [-0.15, -0.1) is 0 Å². The van der Waals surface area contributed by atoms with Gasteiger partial charge < -0.3 is 43.0 Å². The lowest BCUT2D eigenvalue weighted by molar-refractivity contribution is -0.135. The van der Waals surface area contributed by atoms with E-state index in [1.165, 1.54) is 0 Å². The number of carbonyl (C=O) groups excluding carboxylic acids is 6. The van der Waals surface area contributed by atoms with E-state index in [2.05, 4.69) is 5.32 Å². The Bertz CT molecular complexity index is 916. The Balaban J connectivity index is 4.87. The predicted octanol–water partition coefficient (Wildman–Crippen LogP) is 1.07. The summed E-state index contributed by atoms with van der Waals surface area (Å²) in [7, 11) is 0. The molecule has 0 unspecified atom stereocenters. The van der Waals surface area contributed by atoms with Gasteiger partial charge in [0.2, 0.25) is 23.6 Å². The van der Waals surface area contributed by atoms with Crippen molar-refractivity contribution in [2.75, 3.05) is 72.0 Å². The van der Waals surface area contributed by atoms with Crippen molar-refractivity contribution in [2.45, 2.75) is 111 Å². The molecule has 0 aliphatic rings. The van der Waals surface area contributed by atoms with Gasteiger partial charge in [0, 0.05) is 96.2 Å². The molecule has 0 atom stereocenters. The van der Waals surface area contributed by atoms with Crippen molar-refractivity contribution in [2.24, 2.45) is 28.3 Å². The molecular weight excluding hydrogens is 628 g/mol. The van der Waals surface area contributed by atoms with Crippen molar-refractivity contribution < 1.29 is 28.8 Å². The number of rotatable bonds is 30. The Morgan fingerprint density at radius 2 is 0.857 bits per heavy atom. The molecule has 0 rings (SSSR count). The van der Waals surface area contributed by atoms with Crippen LogP contribution in [0.15, 0.2) is 0 Å². The minimum absolute atomic E-state index is 0.00248. The number of ketones is 2. The van der Waals surface area contributed by atoms with E-state index in [4.69, 9.17) is 22.9 Å². The monoisotopic (exact) mass is 697 g/mol. The maximum absolute atomic E-state index is 13.1. The number of nitrogens with zero attached hydrogens (tertiary/aromatic N) is 3. The van der Waals surface area contributed by atoms with Crippen LogP contribution in [0.5, 0.6) is 0 Å². The summed E-state index contributed by atoms with van der Waals surface area (Å²) < 4.78 is 0. The van der Waals surface area contributed by atoms with E-state index in [9.17, 15) is 28.8 Å².